The van der Waals surface area contributed by atoms with Gasteiger partial charge in [0.15, 0.2) is 5.69 Å². The average Bonchev–Trinajstić information content (AvgIpc) is 1.86. The van der Waals surface area contributed by atoms with E-state index in [0.29, 0.717) is 4.73 Å². The summed E-state index contributed by atoms with van der Waals surface area (Å²) in [4.78, 5) is 4.00. The lowest BCUT2D eigenvalue weighted by Crippen LogP contribution is -2.27. The normalized spacial score (nSPS) is 11.5. The summed E-state index contributed by atoms with van der Waals surface area (Å²) in [6.07, 6.45) is 2.74. The van der Waals surface area contributed by atoms with Gasteiger partial charge >= 0.3 is 0 Å². The van der Waals surface area contributed by atoms with Crippen LogP contribution in [0.25, 0.3) is 0 Å². The van der Waals surface area contributed by atoms with Gasteiger partial charge in [-0.2, -0.15) is 0 Å². The van der Waals surface area contributed by atoms with Crippen molar-refractivity contribution in [3.05, 3.63) is 29.5 Å². The fraction of sp³-hybridized carbons (Fsp3) is 0.500. The third-order valence-corrected chi connectivity index (χ3v) is 1.46. The van der Waals surface area contributed by atoms with Crippen LogP contribution in [0.4, 0.5) is 0 Å². The molecule has 0 radical (unpaired) electrons. The van der Waals surface area contributed by atoms with Crippen LogP contribution in [0.2, 0.25) is 0 Å². The highest BCUT2D eigenvalue weighted by Crippen LogP contribution is 2.17. The summed E-state index contributed by atoms with van der Waals surface area (Å²) in [6, 6.07) is 1.74. The molecule has 0 aromatic carbocycles. The SMILES string of the molecule is CC(C)(C)c1cc[n+]([O-])cn1. The summed E-state index contributed by atoms with van der Waals surface area (Å²) in [5.41, 5.74) is 0.957. The van der Waals surface area contributed by atoms with E-state index in [1.54, 1.807) is 6.07 Å². The summed E-state index contributed by atoms with van der Waals surface area (Å²) < 4.78 is 0.690. The first-order valence-corrected chi connectivity index (χ1v) is 3.55. The van der Waals surface area contributed by atoms with Crippen molar-refractivity contribution in [2.24, 2.45) is 0 Å². The fourth-order valence-electron chi connectivity index (χ4n) is 0.788. The summed E-state index contributed by atoms with van der Waals surface area (Å²) in [6.45, 7) is 6.18. The van der Waals surface area contributed by atoms with Gasteiger partial charge in [-0.25, -0.2) is 4.73 Å². The zero-order valence-electron chi connectivity index (χ0n) is 7.03. The molecule has 1 heterocycles. The largest absolute Gasteiger partial charge is 0.711 e. The van der Waals surface area contributed by atoms with Crippen LogP contribution in [0, 0.1) is 5.21 Å². The van der Waals surface area contributed by atoms with Gasteiger partial charge in [0.05, 0.1) is 6.20 Å². The topological polar surface area (TPSA) is 39.8 Å². The molecule has 1 rings (SSSR count). The van der Waals surface area contributed by atoms with Gasteiger partial charge < -0.3 is 5.21 Å². The Hall–Kier alpha value is -1.12. The van der Waals surface area contributed by atoms with E-state index >= 15 is 0 Å². The first kappa shape index (κ1) is 7.98. The van der Waals surface area contributed by atoms with E-state index < -0.39 is 0 Å². The number of nitrogens with zero attached hydrogens (tertiary/aromatic N) is 2. The first-order valence-electron chi connectivity index (χ1n) is 3.55. The van der Waals surface area contributed by atoms with Crippen molar-refractivity contribution in [1.82, 2.24) is 4.98 Å². The Kier molecular flexibility index (Phi) is 1.81. The number of hydrogen-bond acceptors (Lipinski definition) is 2. The third-order valence-electron chi connectivity index (χ3n) is 1.46. The minimum Gasteiger partial charge on any atom is -0.711 e. The molecule has 0 bridgehead atoms. The van der Waals surface area contributed by atoms with Crippen LogP contribution in [0.5, 0.6) is 0 Å². The second-order valence-electron chi connectivity index (χ2n) is 3.56. The molecule has 3 heteroatoms. The molecule has 0 aliphatic carbocycles. The Balaban J connectivity index is 2.99. The molecular formula is C8H12N2O. The molecule has 0 saturated heterocycles. The van der Waals surface area contributed by atoms with Gasteiger partial charge in [0.25, 0.3) is 6.33 Å². The van der Waals surface area contributed by atoms with Crippen LogP contribution >= 0.6 is 0 Å². The van der Waals surface area contributed by atoms with E-state index in [2.05, 4.69) is 25.8 Å². The Labute approximate surface area is 66.3 Å². The maximum atomic E-state index is 10.6. The number of aromatic nitrogens is 2. The third kappa shape index (κ3) is 1.90. The number of rotatable bonds is 0. The molecular weight excluding hydrogens is 140 g/mol. The van der Waals surface area contributed by atoms with E-state index in [9.17, 15) is 5.21 Å². The molecule has 60 valence electrons. The predicted octanol–water partition coefficient (Wildman–Crippen LogP) is 1.01. The highest BCUT2D eigenvalue weighted by Gasteiger charge is 2.19. The van der Waals surface area contributed by atoms with Crippen molar-refractivity contribution in [3.63, 3.8) is 0 Å². The molecule has 1 aromatic rings. The monoisotopic (exact) mass is 152 g/mol. The summed E-state index contributed by atoms with van der Waals surface area (Å²) in [5.74, 6) is 0. The molecule has 0 atom stereocenters. The van der Waals surface area contributed by atoms with Crippen LogP contribution in [0.15, 0.2) is 18.6 Å². The molecule has 0 fully saturated rings. The van der Waals surface area contributed by atoms with Crippen molar-refractivity contribution in [1.29, 1.82) is 0 Å². The van der Waals surface area contributed by atoms with Gasteiger partial charge in [-0.05, 0) is 0 Å². The van der Waals surface area contributed by atoms with Crippen molar-refractivity contribution < 1.29 is 4.73 Å². The van der Waals surface area contributed by atoms with Crippen molar-refractivity contribution >= 4 is 0 Å². The highest BCUT2D eigenvalue weighted by atomic mass is 16.5. The Morgan fingerprint density at radius 3 is 2.45 bits per heavy atom. The van der Waals surface area contributed by atoms with Crippen LogP contribution in [0.1, 0.15) is 26.5 Å². The van der Waals surface area contributed by atoms with Crippen molar-refractivity contribution in [2.45, 2.75) is 26.2 Å². The van der Waals surface area contributed by atoms with Gasteiger partial charge in [0.1, 0.15) is 0 Å². The van der Waals surface area contributed by atoms with E-state index in [0.717, 1.165) is 5.69 Å². The van der Waals surface area contributed by atoms with E-state index in [1.165, 1.54) is 12.5 Å². The maximum absolute atomic E-state index is 10.6. The Morgan fingerprint density at radius 1 is 1.45 bits per heavy atom. The van der Waals surface area contributed by atoms with Crippen LogP contribution in [-0.4, -0.2) is 4.98 Å². The lowest BCUT2D eigenvalue weighted by molar-refractivity contribution is -0.609. The molecule has 11 heavy (non-hydrogen) atoms. The highest BCUT2D eigenvalue weighted by molar-refractivity contribution is 5.07. The summed E-state index contributed by atoms with van der Waals surface area (Å²) in [7, 11) is 0. The lowest BCUT2D eigenvalue weighted by Gasteiger charge is -2.12. The van der Waals surface area contributed by atoms with Crippen LogP contribution < -0.4 is 4.73 Å². The Bertz CT molecular complexity index is 235. The molecule has 0 unspecified atom stereocenters. The zero-order chi connectivity index (χ0) is 8.48. The van der Waals surface area contributed by atoms with Crippen molar-refractivity contribution in [2.75, 3.05) is 0 Å². The molecule has 0 aliphatic rings. The van der Waals surface area contributed by atoms with Gasteiger partial charge in [-0.1, -0.05) is 25.8 Å². The second-order valence-corrected chi connectivity index (χ2v) is 3.56. The summed E-state index contributed by atoms with van der Waals surface area (Å²) in [5, 5.41) is 10.6. The van der Waals surface area contributed by atoms with Gasteiger partial charge in [0.2, 0.25) is 0 Å². The van der Waals surface area contributed by atoms with Crippen LogP contribution in [0.3, 0.4) is 0 Å². The van der Waals surface area contributed by atoms with Crippen LogP contribution in [-0.2, 0) is 5.41 Å². The molecule has 0 saturated carbocycles. The van der Waals surface area contributed by atoms with E-state index in [-0.39, 0.29) is 5.41 Å². The van der Waals surface area contributed by atoms with Gasteiger partial charge in [-0.3, -0.25) is 0 Å². The molecule has 0 aliphatic heterocycles. The average molecular weight is 152 g/mol. The zero-order valence-corrected chi connectivity index (χ0v) is 7.03. The van der Waals surface area contributed by atoms with E-state index in [1.807, 2.05) is 0 Å². The fourth-order valence-corrected chi connectivity index (χ4v) is 0.788. The van der Waals surface area contributed by atoms with Gasteiger partial charge in [0, 0.05) is 11.5 Å². The summed E-state index contributed by atoms with van der Waals surface area (Å²) >= 11 is 0. The Morgan fingerprint density at radius 2 is 2.09 bits per heavy atom. The second kappa shape index (κ2) is 2.49. The minimum atomic E-state index is 0.0221. The number of hydrogen-bond donors (Lipinski definition) is 0. The maximum Gasteiger partial charge on any atom is 0.289 e. The van der Waals surface area contributed by atoms with Crippen molar-refractivity contribution in [3.8, 4) is 0 Å². The molecule has 0 spiro atoms. The quantitative estimate of drug-likeness (QED) is 0.411. The van der Waals surface area contributed by atoms with Gasteiger partial charge in [-0.15, -0.1) is 0 Å². The standard InChI is InChI=1S/C8H12N2O/c1-8(2,3)7-4-5-10(11)6-9-7/h4-6H,1-3H3. The first-order chi connectivity index (χ1) is 5.00. The molecule has 1 aromatic heterocycles. The smallest absolute Gasteiger partial charge is 0.289 e. The molecule has 0 amide bonds. The van der Waals surface area contributed by atoms with E-state index in [4.69, 9.17) is 0 Å². The minimum absolute atomic E-state index is 0.0221. The lowest BCUT2D eigenvalue weighted by atomic mass is 9.92. The molecule has 3 nitrogen and oxygen atoms in total. The predicted molar refractivity (Wildman–Crippen MR) is 41.9 cm³/mol. The molecule has 0 N–H and O–H groups in total.